The van der Waals surface area contributed by atoms with E-state index in [1.165, 1.54) is 17.4 Å². The van der Waals surface area contributed by atoms with Crippen LogP contribution in [-0.2, 0) is 11.3 Å². The third kappa shape index (κ3) is 5.36. The second-order valence-electron chi connectivity index (χ2n) is 7.41. The zero-order valence-corrected chi connectivity index (χ0v) is 20.7. The molecule has 0 fully saturated rings. The molecule has 2 aromatic carbocycles. The number of hydrogen-bond acceptors (Lipinski definition) is 8. The van der Waals surface area contributed by atoms with Crippen molar-refractivity contribution in [1.82, 2.24) is 9.97 Å². The maximum Gasteiger partial charge on any atom is 0.253 e. The summed E-state index contributed by atoms with van der Waals surface area (Å²) in [5, 5.41) is 0.580. The maximum absolute atomic E-state index is 13.4. The van der Waals surface area contributed by atoms with E-state index in [0.29, 0.717) is 28.9 Å². The lowest BCUT2D eigenvalue weighted by Gasteiger charge is -2.18. The molecule has 0 aliphatic carbocycles. The van der Waals surface area contributed by atoms with E-state index in [2.05, 4.69) is 4.98 Å². The highest BCUT2D eigenvalue weighted by Gasteiger charge is 2.19. The van der Waals surface area contributed by atoms with E-state index in [0.717, 1.165) is 27.1 Å². The Balaban J connectivity index is 1.68. The highest BCUT2D eigenvalue weighted by Crippen LogP contribution is 2.38. The number of thiazole rings is 1. The number of amides is 1. The van der Waals surface area contributed by atoms with Crippen molar-refractivity contribution in [2.24, 2.45) is 0 Å². The Hall–Kier alpha value is -4.11. The minimum Gasteiger partial charge on any atom is -0.497 e. The number of methoxy groups -OCH3 is 4. The molecule has 2 aromatic heterocycles. The molecule has 0 radical (unpaired) electrons. The van der Waals surface area contributed by atoms with E-state index in [9.17, 15) is 4.79 Å². The summed E-state index contributed by atoms with van der Waals surface area (Å²) in [7, 11) is 6.26. The Morgan fingerprint density at radius 2 is 1.77 bits per heavy atom. The highest BCUT2D eigenvalue weighted by atomic mass is 32.1. The first kappa shape index (κ1) is 24.0. The molecule has 9 heteroatoms. The quantitative estimate of drug-likeness (QED) is 0.306. The first-order valence-corrected chi connectivity index (χ1v) is 11.5. The Labute approximate surface area is 207 Å². The van der Waals surface area contributed by atoms with Crippen LogP contribution in [0, 0.1) is 0 Å². The Bertz CT molecular complexity index is 1330. The van der Waals surface area contributed by atoms with Gasteiger partial charge < -0.3 is 18.9 Å². The van der Waals surface area contributed by atoms with E-state index in [4.69, 9.17) is 23.9 Å². The van der Waals surface area contributed by atoms with Crippen molar-refractivity contribution in [3.05, 3.63) is 72.1 Å². The second kappa shape index (κ2) is 10.9. The fraction of sp³-hybridized carbons (Fsp3) is 0.192. The minimum absolute atomic E-state index is 0.228. The number of aromatic nitrogens is 2. The number of carbonyl (C=O) groups is 1. The number of pyridine rings is 1. The number of nitrogens with zero attached hydrogens (tertiary/aromatic N) is 3. The molecule has 4 rings (SSSR count). The van der Waals surface area contributed by atoms with Crippen molar-refractivity contribution in [3.63, 3.8) is 0 Å². The molecule has 8 nitrogen and oxygen atoms in total. The summed E-state index contributed by atoms with van der Waals surface area (Å²) in [6.45, 7) is 0.323. The van der Waals surface area contributed by atoms with E-state index < -0.39 is 0 Å². The minimum atomic E-state index is -0.228. The van der Waals surface area contributed by atoms with Gasteiger partial charge in [0, 0.05) is 18.5 Å². The van der Waals surface area contributed by atoms with Gasteiger partial charge in [0.25, 0.3) is 5.91 Å². The van der Waals surface area contributed by atoms with Crippen LogP contribution >= 0.6 is 11.3 Å². The van der Waals surface area contributed by atoms with E-state index >= 15 is 0 Å². The number of rotatable bonds is 9. The van der Waals surface area contributed by atoms with Gasteiger partial charge in [0.15, 0.2) is 16.6 Å². The summed E-state index contributed by atoms with van der Waals surface area (Å²) in [5.41, 5.74) is 2.41. The van der Waals surface area contributed by atoms with Crippen LogP contribution in [0.2, 0.25) is 0 Å². The smallest absolute Gasteiger partial charge is 0.253 e. The summed E-state index contributed by atoms with van der Waals surface area (Å²) in [4.78, 5) is 23.9. The third-order valence-corrected chi connectivity index (χ3v) is 6.29. The lowest BCUT2D eigenvalue weighted by molar-refractivity contribution is -0.114. The molecular weight excluding hydrogens is 466 g/mol. The Morgan fingerprint density at radius 1 is 1.00 bits per heavy atom. The van der Waals surface area contributed by atoms with Gasteiger partial charge in [0.1, 0.15) is 5.75 Å². The molecule has 0 saturated carbocycles. The van der Waals surface area contributed by atoms with Crippen molar-refractivity contribution in [2.45, 2.75) is 6.54 Å². The normalized spacial score (nSPS) is 11.0. The molecule has 1 amide bonds. The first-order chi connectivity index (χ1) is 17.1. The zero-order valence-electron chi connectivity index (χ0n) is 19.8. The number of carbonyl (C=O) groups excluding carboxylic acids is 1. The lowest BCUT2D eigenvalue weighted by atomic mass is 10.1. The van der Waals surface area contributed by atoms with Crippen LogP contribution in [0.3, 0.4) is 0 Å². The number of ether oxygens (including phenoxy) is 4. The maximum atomic E-state index is 13.4. The summed E-state index contributed by atoms with van der Waals surface area (Å²) < 4.78 is 22.5. The number of anilines is 1. The van der Waals surface area contributed by atoms with Gasteiger partial charge in [-0.1, -0.05) is 17.4 Å². The third-order valence-electron chi connectivity index (χ3n) is 5.25. The molecule has 0 aliphatic heterocycles. The standard InChI is InChI=1S/C26H25N3O5S/c1-31-19-8-9-20-23(14-19)35-26(28-20)29(16-18-6-5-11-27-15-18)24(30)10-7-17-12-21(32-2)25(34-4)22(13-17)33-3/h5-15H,16H2,1-4H3/b10-7+. The fourth-order valence-corrected chi connectivity index (χ4v) is 4.50. The van der Waals surface area contributed by atoms with Gasteiger partial charge in [-0.15, -0.1) is 0 Å². The Kier molecular flexibility index (Phi) is 7.47. The van der Waals surface area contributed by atoms with Gasteiger partial charge in [-0.2, -0.15) is 0 Å². The van der Waals surface area contributed by atoms with Gasteiger partial charge in [-0.3, -0.25) is 14.7 Å². The predicted molar refractivity (Wildman–Crippen MR) is 137 cm³/mol. The zero-order chi connectivity index (χ0) is 24.8. The molecule has 0 spiro atoms. The number of fused-ring (bicyclic) bond motifs is 1. The van der Waals surface area contributed by atoms with Crippen LogP contribution in [0.25, 0.3) is 16.3 Å². The highest BCUT2D eigenvalue weighted by molar-refractivity contribution is 7.22. The van der Waals surface area contributed by atoms with Crippen LogP contribution in [0.15, 0.2) is 60.9 Å². The molecule has 0 N–H and O–H groups in total. The molecule has 2 heterocycles. The van der Waals surface area contributed by atoms with Crippen LogP contribution in [0.4, 0.5) is 5.13 Å². The predicted octanol–water partition coefficient (Wildman–Crippen LogP) is 4.97. The van der Waals surface area contributed by atoms with E-state index in [-0.39, 0.29) is 5.91 Å². The molecule has 180 valence electrons. The number of benzene rings is 2. The molecule has 0 atom stereocenters. The molecule has 4 aromatic rings. The van der Waals surface area contributed by atoms with Crippen molar-refractivity contribution in [2.75, 3.05) is 33.3 Å². The SMILES string of the molecule is COc1ccc2nc(N(Cc3cccnc3)C(=O)/C=C/c3cc(OC)c(OC)c(OC)c3)sc2c1. The molecular formula is C26H25N3O5S. The van der Waals surface area contributed by atoms with Crippen molar-refractivity contribution >= 4 is 38.7 Å². The molecule has 0 saturated heterocycles. The largest absolute Gasteiger partial charge is 0.497 e. The topological polar surface area (TPSA) is 83.0 Å². The van der Waals surface area contributed by atoms with Gasteiger partial charge in [-0.25, -0.2) is 4.98 Å². The van der Waals surface area contributed by atoms with E-state index in [1.54, 1.807) is 63.9 Å². The molecule has 0 aliphatic rings. The van der Waals surface area contributed by atoms with Crippen molar-refractivity contribution in [3.8, 4) is 23.0 Å². The van der Waals surface area contributed by atoms with Gasteiger partial charge >= 0.3 is 0 Å². The average molecular weight is 492 g/mol. The van der Waals surface area contributed by atoms with Crippen LogP contribution < -0.4 is 23.8 Å². The fourth-order valence-electron chi connectivity index (χ4n) is 3.50. The first-order valence-electron chi connectivity index (χ1n) is 10.7. The monoisotopic (exact) mass is 491 g/mol. The van der Waals surface area contributed by atoms with Gasteiger partial charge in [0.2, 0.25) is 5.75 Å². The molecule has 35 heavy (non-hydrogen) atoms. The Morgan fingerprint density at radius 3 is 2.40 bits per heavy atom. The van der Waals surface area contributed by atoms with Crippen molar-refractivity contribution in [1.29, 1.82) is 0 Å². The summed E-state index contributed by atoms with van der Waals surface area (Å²) in [6, 6.07) is 13.0. The van der Waals surface area contributed by atoms with Crippen LogP contribution in [0.5, 0.6) is 23.0 Å². The lowest BCUT2D eigenvalue weighted by Crippen LogP contribution is -2.28. The summed E-state index contributed by atoms with van der Waals surface area (Å²) in [5.74, 6) is 2.01. The molecule has 0 unspecified atom stereocenters. The number of hydrogen-bond donors (Lipinski definition) is 0. The second-order valence-corrected chi connectivity index (χ2v) is 8.42. The summed E-state index contributed by atoms with van der Waals surface area (Å²) >= 11 is 1.42. The van der Waals surface area contributed by atoms with Crippen LogP contribution in [0.1, 0.15) is 11.1 Å². The summed E-state index contributed by atoms with van der Waals surface area (Å²) in [6.07, 6.45) is 6.65. The van der Waals surface area contributed by atoms with Gasteiger partial charge in [-0.05, 0) is 53.6 Å². The van der Waals surface area contributed by atoms with E-state index in [1.807, 2.05) is 30.3 Å². The molecule has 0 bridgehead atoms. The van der Waals surface area contributed by atoms with Gasteiger partial charge in [0.05, 0.1) is 45.2 Å². The average Bonchev–Trinajstić information content (AvgIpc) is 3.33. The van der Waals surface area contributed by atoms with Crippen molar-refractivity contribution < 1.29 is 23.7 Å². The van der Waals surface area contributed by atoms with Crippen LogP contribution in [-0.4, -0.2) is 44.3 Å².